The van der Waals surface area contributed by atoms with Crippen molar-refractivity contribution in [3.05, 3.63) is 35.5 Å². The number of hydrazine groups is 1. The van der Waals surface area contributed by atoms with Gasteiger partial charge in [0.15, 0.2) is 0 Å². The first-order valence-corrected chi connectivity index (χ1v) is 5.90. The van der Waals surface area contributed by atoms with Gasteiger partial charge in [0.25, 0.3) is 0 Å². The molecule has 0 aliphatic carbocycles. The maximum Gasteiger partial charge on any atom is 0.130 e. The summed E-state index contributed by atoms with van der Waals surface area (Å²) in [6.07, 6.45) is 3.84. The SMILES string of the molecule is CCc1cnc(/C(=C/NC2COC2)NN)cc1F. The predicted molar refractivity (Wildman–Crippen MR) is 66.6 cm³/mol. The second kappa shape index (κ2) is 5.79. The first kappa shape index (κ1) is 12.8. The van der Waals surface area contributed by atoms with Gasteiger partial charge in [-0.2, -0.15) is 0 Å². The number of pyridine rings is 1. The topological polar surface area (TPSA) is 72.2 Å². The Kier molecular flexibility index (Phi) is 4.11. The molecule has 0 amide bonds. The van der Waals surface area contributed by atoms with Gasteiger partial charge in [-0.1, -0.05) is 6.92 Å². The van der Waals surface area contributed by atoms with Gasteiger partial charge >= 0.3 is 0 Å². The minimum Gasteiger partial charge on any atom is -0.382 e. The summed E-state index contributed by atoms with van der Waals surface area (Å²) in [5.74, 6) is 5.15. The van der Waals surface area contributed by atoms with E-state index in [-0.39, 0.29) is 11.9 Å². The van der Waals surface area contributed by atoms with Gasteiger partial charge < -0.3 is 15.5 Å². The Morgan fingerprint density at radius 3 is 2.94 bits per heavy atom. The molecule has 1 aromatic rings. The van der Waals surface area contributed by atoms with Crippen molar-refractivity contribution in [2.45, 2.75) is 19.4 Å². The molecule has 1 fully saturated rings. The molecule has 0 unspecified atom stereocenters. The second-order valence-electron chi connectivity index (χ2n) is 4.12. The lowest BCUT2D eigenvalue weighted by atomic mass is 10.2. The van der Waals surface area contributed by atoms with Crippen LogP contribution < -0.4 is 16.6 Å². The van der Waals surface area contributed by atoms with E-state index >= 15 is 0 Å². The molecular formula is C12H17FN4O. The summed E-state index contributed by atoms with van der Waals surface area (Å²) in [6.45, 7) is 3.23. The average molecular weight is 252 g/mol. The summed E-state index contributed by atoms with van der Waals surface area (Å²) in [7, 11) is 0. The van der Waals surface area contributed by atoms with Crippen LogP contribution in [-0.4, -0.2) is 24.2 Å². The van der Waals surface area contributed by atoms with E-state index < -0.39 is 0 Å². The lowest BCUT2D eigenvalue weighted by molar-refractivity contribution is 0.000798. The molecule has 5 nitrogen and oxygen atoms in total. The van der Waals surface area contributed by atoms with Crippen molar-refractivity contribution < 1.29 is 9.13 Å². The van der Waals surface area contributed by atoms with E-state index in [2.05, 4.69) is 15.7 Å². The Morgan fingerprint density at radius 1 is 1.67 bits per heavy atom. The Balaban J connectivity index is 2.13. The van der Waals surface area contributed by atoms with Gasteiger partial charge in [0, 0.05) is 24.0 Å². The Labute approximate surface area is 105 Å². The number of aromatic nitrogens is 1. The highest BCUT2D eigenvalue weighted by Crippen LogP contribution is 2.13. The monoisotopic (exact) mass is 252 g/mol. The summed E-state index contributed by atoms with van der Waals surface area (Å²) >= 11 is 0. The molecule has 2 rings (SSSR count). The molecule has 1 saturated heterocycles. The van der Waals surface area contributed by atoms with Crippen LogP contribution in [0.2, 0.25) is 0 Å². The van der Waals surface area contributed by atoms with E-state index in [0.717, 1.165) is 0 Å². The Morgan fingerprint density at radius 2 is 2.44 bits per heavy atom. The fourth-order valence-corrected chi connectivity index (χ4v) is 1.59. The van der Waals surface area contributed by atoms with Crippen LogP contribution in [0.3, 0.4) is 0 Å². The average Bonchev–Trinajstić information content (AvgIpc) is 2.32. The zero-order valence-electron chi connectivity index (χ0n) is 10.2. The summed E-state index contributed by atoms with van der Waals surface area (Å²) in [6, 6.07) is 1.66. The number of rotatable bonds is 5. The highest BCUT2D eigenvalue weighted by molar-refractivity contribution is 5.60. The number of aryl methyl sites for hydroxylation is 1. The highest BCUT2D eigenvalue weighted by atomic mass is 19.1. The van der Waals surface area contributed by atoms with Gasteiger partial charge in [0.05, 0.1) is 30.6 Å². The number of hydrogen-bond donors (Lipinski definition) is 3. The predicted octanol–water partition coefficient (Wildman–Crippen LogP) is 0.533. The quantitative estimate of drug-likeness (QED) is 0.527. The molecule has 0 saturated carbocycles. The van der Waals surface area contributed by atoms with Crippen molar-refractivity contribution in [3.8, 4) is 0 Å². The van der Waals surface area contributed by atoms with E-state index in [1.165, 1.54) is 12.3 Å². The van der Waals surface area contributed by atoms with Gasteiger partial charge in [0.1, 0.15) is 5.82 Å². The van der Waals surface area contributed by atoms with Crippen LogP contribution in [-0.2, 0) is 11.2 Å². The molecule has 6 heteroatoms. The molecule has 18 heavy (non-hydrogen) atoms. The molecular weight excluding hydrogens is 235 g/mol. The molecule has 1 aliphatic rings. The van der Waals surface area contributed by atoms with Crippen molar-refractivity contribution >= 4 is 5.70 Å². The molecule has 0 radical (unpaired) electrons. The Bertz CT molecular complexity index is 446. The third kappa shape index (κ3) is 2.77. The van der Waals surface area contributed by atoms with Crippen LogP contribution >= 0.6 is 0 Å². The van der Waals surface area contributed by atoms with Crippen molar-refractivity contribution in [2.75, 3.05) is 13.2 Å². The fourth-order valence-electron chi connectivity index (χ4n) is 1.59. The van der Waals surface area contributed by atoms with E-state index in [9.17, 15) is 4.39 Å². The molecule has 0 spiro atoms. The standard InChI is InChI=1S/C12H17FN4O/c1-2-8-4-16-11(3-10(8)13)12(17-14)5-15-9-6-18-7-9/h3-5,9,15,17H,2,6-7,14H2,1H3/b12-5-. The van der Waals surface area contributed by atoms with Crippen LogP contribution in [0.25, 0.3) is 5.70 Å². The first-order chi connectivity index (χ1) is 8.74. The van der Waals surface area contributed by atoms with Gasteiger partial charge in [0.2, 0.25) is 0 Å². The van der Waals surface area contributed by atoms with Gasteiger partial charge in [-0.05, 0) is 6.42 Å². The van der Waals surface area contributed by atoms with Crippen LogP contribution in [0.4, 0.5) is 4.39 Å². The van der Waals surface area contributed by atoms with Crippen molar-refractivity contribution in [1.82, 2.24) is 15.7 Å². The van der Waals surface area contributed by atoms with Gasteiger partial charge in [-0.15, -0.1) is 0 Å². The minimum atomic E-state index is -0.268. The van der Waals surface area contributed by atoms with E-state index in [0.29, 0.717) is 36.6 Å². The molecule has 0 aromatic carbocycles. The zero-order valence-corrected chi connectivity index (χ0v) is 10.2. The molecule has 4 N–H and O–H groups in total. The zero-order chi connectivity index (χ0) is 13.0. The Hall–Kier alpha value is -1.66. The number of nitrogens with two attached hydrogens (primary N) is 1. The first-order valence-electron chi connectivity index (χ1n) is 5.90. The van der Waals surface area contributed by atoms with E-state index in [1.54, 1.807) is 6.20 Å². The van der Waals surface area contributed by atoms with E-state index in [1.807, 2.05) is 6.92 Å². The minimum absolute atomic E-state index is 0.268. The molecule has 0 bridgehead atoms. The van der Waals surface area contributed by atoms with Crippen molar-refractivity contribution in [2.24, 2.45) is 5.84 Å². The number of hydrogen-bond acceptors (Lipinski definition) is 5. The van der Waals surface area contributed by atoms with Crippen LogP contribution in [0.15, 0.2) is 18.5 Å². The van der Waals surface area contributed by atoms with Crippen LogP contribution in [0.5, 0.6) is 0 Å². The summed E-state index contributed by atoms with van der Waals surface area (Å²) in [4.78, 5) is 4.18. The third-order valence-electron chi connectivity index (χ3n) is 2.84. The second-order valence-corrected chi connectivity index (χ2v) is 4.12. The third-order valence-corrected chi connectivity index (χ3v) is 2.84. The number of nitrogens with one attached hydrogen (secondary N) is 2. The van der Waals surface area contributed by atoms with E-state index in [4.69, 9.17) is 10.6 Å². The summed E-state index contributed by atoms with van der Waals surface area (Å²) < 4.78 is 18.7. The largest absolute Gasteiger partial charge is 0.382 e. The lowest BCUT2D eigenvalue weighted by Crippen LogP contribution is -2.43. The lowest BCUT2D eigenvalue weighted by Gasteiger charge is -2.26. The van der Waals surface area contributed by atoms with Gasteiger partial charge in [-0.3, -0.25) is 10.8 Å². The molecule has 2 heterocycles. The molecule has 0 atom stereocenters. The van der Waals surface area contributed by atoms with Gasteiger partial charge in [-0.25, -0.2) is 4.39 Å². The maximum atomic E-state index is 13.6. The normalized spacial score (nSPS) is 16.3. The van der Waals surface area contributed by atoms with Crippen molar-refractivity contribution in [3.63, 3.8) is 0 Å². The maximum absolute atomic E-state index is 13.6. The number of halogens is 1. The molecule has 98 valence electrons. The molecule has 1 aliphatic heterocycles. The van der Waals surface area contributed by atoms with Crippen LogP contribution in [0.1, 0.15) is 18.2 Å². The van der Waals surface area contributed by atoms with Crippen LogP contribution in [0, 0.1) is 5.82 Å². The summed E-state index contributed by atoms with van der Waals surface area (Å²) in [5.41, 5.74) is 4.13. The summed E-state index contributed by atoms with van der Waals surface area (Å²) in [5, 5.41) is 3.12. The number of ether oxygens (including phenoxy) is 1. The molecule has 1 aromatic heterocycles. The number of nitrogens with zero attached hydrogens (tertiary/aromatic N) is 1. The highest BCUT2D eigenvalue weighted by Gasteiger charge is 2.16. The smallest absolute Gasteiger partial charge is 0.130 e. The fraction of sp³-hybridized carbons (Fsp3) is 0.417. The van der Waals surface area contributed by atoms with Crippen molar-refractivity contribution in [1.29, 1.82) is 0 Å².